The van der Waals surface area contributed by atoms with E-state index in [1.165, 1.54) is 22.8 Å². The van der Waals surface area contributed by atoms with Crippen LogP contribution in [-0.2, 0) is 45.4 Å². The van der Waals surface area contributed by atoms with E-state index in [4.69, 9.17) is 4.74 Å². The lowest BCUT2D eigenvalue weighted by atomic mass is 9.95. The molecular weight excluding hydrogens is 462 g/mol. The smallest absolute Gasteiger partial charge is 0.341 e. The summed E-state index contributed by atoms with van der Waals surface area (Å²) in [7, 11) is -1.89. The minimum Gasteiger partial charge on any atom is -0.465 e. The standard InChI is InChI=1S/C23H29N3O5S2/c1-3-33(29,30)26-12-11-16-15(14-26)7-6-9-18(16)24-13-20(27)25-22-21(23(28)31-2)17-8-4-5-10-19(17)32-22/h6-7,9,24H,3-5,8,10-14H2,1-2H3,(H,25,27). The molecule has 4 rings (SSSR count). The first-order valence-corrected chi connectivity index (χ1v) is 13.6. The molecule has 10 heteroatoms. The normalized spacial score (nSPS) is 15.9. The van der Waals surface area contributed by atoms with Crippen molar-refractivity contribution in [3.8, 4) is 0 Å². The average Bonchev–Trinajstić information content (AvgIpc) is 3.19. The van der Waals surface area contributed by atoms with Crippen LogP contribution in [0.2, 0.25) is 0 Å². The number of hydrogen-bond acceptors (Lipinski definition) is 7. The van der Waals surface area contributed by atoms with E-state index in [2.05, 4.69) is 10.6 Å². The van der Waals surface area contributed by atoms with Gasteiger partial charge in [-0.1, -0.05) is 12.1 Å². The highest BCUT2D eigenvalue weighted by atomic mass is 32.2. The number of nitrogens with zero attached hydrogens (tertiary/aromatic N) is 1. The molecule has 1 amide bonds. The monoisotopic (exact) mass is 491 g/mol. The van der Waals surface area contributed by atoms with Crippen LogP contribution >= 0.6 is 11.3 Å². The van der Waals surface area contributed by atoms with Crippen molar-refractivity contribution in [1.82, 2.24) is 4.31 Å². The van der Waals surface area contributed by atoms with E-state index in [1.54, 1.807) is 6.92 Å². The van der Waals surface area contributed by atoms with Crippen LogP contribution in [0.5, 0.6) is 0 Å². The molecule has 33 heavy (non-hydrogen) atoms. The first kappa shape index (κ1) is 23.7. The number of sulfonamides is 1. The Morgan fingerprint density at radius 1 is 1.15 bits per heavy atom. The number of carbonyl (C=O) groups excluding carboxylic acids is 2. The Balaban J connectivity index is 1.45. The molecule has 1 aliphatic heterocycles. The van der Waals surface area contributed by atoms with Crippen molar-refractivity contribution in [1.29, 1.82) is 0 Å². The van der Waals surface area contributed by atoms with Crippen molar-refractivity contribution in [2.24, 2.45) is 0 Å². The van der Waals surface area contributed by atoms with Gasteiger partial charge >= 0.3 is 5.97 Å². The van der Waals surface area contributed by atoms with Crippen LogP contribution in [0.15, 0.2) is 18.2 Å². The zero-order valence-corrected chi connectivity index (χ0v) is 20.5. The predicted octanol–water partition coefficient (Wildman–Crippen LogP) is 3.17. The van der Waals surface area contributed by atoms with Gasteiger partial charge in [-0.15, -0.1) is 11.3 Å². The van der Waals surface area contributed by atoms with E-state index >= 15 is 0 Å². The SMILES string of the molecule is CCS(=O)(=O)N1CCc2c(cccc2NCC(=O)Nc2sc3c(c2C(=O)OC)CCCC3)C1. The maximum absolute atomic E-state index is 12.7. The first-order valence-electron chi connectivity index (χ1n) is 11.2. The number of ether oxygens (including phenoxy) is 1. The third-order valence-corrected chi connectivity index (χ3v) is 9.28. The Morgan fingerprint density at radius 2 is 1.94 bits per heavy atom. The number of hydrogen-bond donors (Lipinski definition) is 2. The number of esters is 1. The molecule has 0 radical (unpaired) electrons. The van der Waals surface area contributed by atoms with Crippen molar-refractivity contribution in [3.05, 3.63) is 45.3 Å². The van der Waals surface area contributed by atoms with Crippen molar-refractivity contribution < 1.29 is 22.7 Å². The molecule has 0 saturated heterocycles. The number of nitrogens with one attached hydrogen (secondary N) is 2. The van der Waals surface area contributed by atoms with E-state index in [0.29, 0.717) is 30.1 Å². The van der Waals surface area contributed by atoms with Gasteiger partial charge in [-0.3, -0.25) is 4.79 Å². The fraction of sp³-hybridized carbons (Fsp3) is 0.478. The fourth-order valence-electron chi connectivity index (χ4n) is 4.49. The van der Waals surface area contributed by atoms with Crippen LogP contribution in [0.25, 0.3) is 0 Å². The Hall–Kier alpha value is -2.43. The summed E-state index contributed by atoms with van der Waals surface area (Å²) >= 11 is 1.46. The molecular formula is C23H29N3O5S2. The minimum atomic E-state index is -3.24. The van der Waals surface area contributed by atoms with Gasteiger partial charge in [0.25, 0.3) is 0 Å². The Bertz CT molecular complexity index is 1170. The molecule has 0 bridgehead atoms. The number of anilines is 2. The van der Waals surface area contributed by atoms with Gasteiger partial charge in [0.1, 0.15) is 5.00 Å². The molecule has 2 N–H and O–H groups in total. The van der Waals surface area contributed by atoms with Gasteiger partial charge < -0.3 is 15.4 Å². The summed E-state index contributed by atoms with van der Waals surface area (Å²) in [4.78, 5) is 26.3. The van der Waals surface area contributed by atoms with Crippen LogP contribution in [-0.4, -0.2) is 50.6 Å². The summed E-state index contributed by atoms with van der Waals surface area (Å²) in [6, 6.07) is 5.69. The molecule has 1 aliphatic carbocycles. The highest BCUT2D eigenvalue weighted by Gasteiger charge is 2.28. The number of amides is 1. The lowest BCUT2D eigenvalue weighted by molar-refractivity contribution is -0.114. The van der Waals surface area contributed by atoms with E-state index in [9.17, 15) is 18.0 Å². The van der Waals surface area contributed by atoms with Gasteiger partial charge in [0, 0.05) is 23.7 Å². The third-order valence-electron chi connectivity index (χ3n) is 6.24. The molecule has 0 unspecified atom stereocenters. The van der Waals surface area contributed by atoms with Crippen LogP contribution in [0, 0.1) is 0 Å². The summed E-state index contributed by atoms with van der Waals surface area (Å²) in [5.41, 5.74) is 4.30. The zero-order valence-electron chi connectivity index (χ0n) is 18.9. The highest BCUT2D eigenvalue weighted by molar-refractivity contribution is 7.89. The number of rotatable bonds is 7. The number of carbonyl (C=O) groups is 2. The molecule has 0 atom stereocenters. The van der Waals surface area contributed by atoms with Crippen molar-refractivity contribution in [2.75, 3.05) is 36.6 Å². The van der Waals surface area contributed by atoms with Gasteiger partial charge in [0.15, 0.2) is 0 Å². The summed E-state index contributed by atoms with van der Waals surface area (Å²) in [5.74, 6) is -0.580. The first-order chi connectivity index (χ1) is 15.8. The molecule has 1 aromatic carbocycles. The maximum Gasteiger partial charge on any atom is 0.341 e. The molecule has 1 aromatic heterocycles. The second-order valence-electron chi connectivity index (χ2n) is 8.24. The Morgan fingerprint density at radius 3 is 2.70 bits per heavy atom. The third kappa shape index (κ3) is 4.92. The number of benzene rings is 1. The number of fused-ring (bicyclic) bond motifs is 2. The molecule has 2 aromatic rings. The van der Waals surface area contributed by atoms with Gasteiger partial charge in [0.2, 0.25) is 15.9 Å². The molecule has 0 saturated carbocycles. The summed E-state index contributed by atoms with van der Waals surface area (Å²) < 4.78 is 30.9. The molecule has 178 valence electrons. The Labute approximate surface area is 198 Å². The number of thiophene rings is 1. The molecule has 0 fully saturated rings. The van der Waals surface area contributed by atoms with Crippen LogP contribution < -0.4 is 10.6 Å². The predicted molar refractivity (Wildman–Crippen MR) is 129 cm³/mol. The second-order valence-corrected chi connectivity index (χ2v) is 11.6. The van der Waals surface area contributed by atoms with E-state index < -0.39 is 16.0 Å². The number of methoxy groups -OCH3 is 1. The summed E-state index contributed by atoms with van der Waals surface area (Å²) in [5, 5.41) is 6.64. The Kier molecular flexibility index (Phi) is 7.06. The van der Waals surface area contributed by atoms with E-state index in [1.807, 2.05) is 18.2 Å². The molecule has 0 spiro atoms. The summed E-state index contributed by atoms with van der Waals surface area (Å²) in [6.07, 6.45) is 4.44. The molecule has 2 aliphatic rings. The van der Waals surface area contributed by atoms with Gasteiger partial charge in [-0.05, 0) is 61.8 Å². The summed E-state index contributed by atoms with van der Waals surface area (Å²) in [6.45, 7) is 2.46. The largest absolute Gasteiger partial charge is 0.465 e. The quantitative estimate of drug-likeness (QED) is 0.577. The van der Waals surface area contributed by atoms with Crippen LogP contribution in [0.4, 0.5) is 10.7 Å². The minimum absolute atomic E-state index is 0.0383. The van der Waals surface area contributed by atoms with Crippen LogP contribution in [0.1, 0.15) is 51.7 Å². The topological polar surface area (TPSA) is 105 Å². The van der Waals surface area contributed by atoms with Gasteiger partial charge in [-0.25, -0.2) is 13.2 Å². The molecule has 8 nitrogen and oxygen atoms in total. The van der Waals surface area contributed by atoms with Crippen molar-refractivity contribution in [2.45, 2.75) is 45.6 Å². The zero-order chi connectivity index (χ0) is 23.6. The second kappa shape index (κ2) is 9.82. The highest BCUT2D eigenvalue weighted by Crippen LogP contribution is 2.38. The lowest BCUT2D eigenvalue weighted by Gasteiger charge is -2.29. The fourth-order valence-corrected chi connectivity index (χ4v) is 6.85. The van der Waals surface area contributed by atoms with Crippen molar-refractivity contribution in [3.63, 3.8) is 0 Å². The van der Waals surface area contributed by atoms with Crippen LogP contribution in [0.3, 0.4) is 0 Å². The van der Waals surface area contributed by atoms with Gasteiger partial charge in [-0.2, -0.15) is 4.31 Å². The van der Waals surface area contributed by atoms with Crippen molar-refractivity contribution >= 4 is 43.9 Å². The maximum atomic E-state index is 12.7. The average molecular weight is 492 g/mol. The van der Waals surface area contributed by atoms with Gasteiger partial charge in [0.05, 0.1) is 25.0 Å². The lowest BCUT2D eigenvalue weighted by Crippen LogP contribution is -2.37. The number of aryl methyl sites for hydroxylation is 1. The molecule has 2 heterocycles. The van der Waals surface area contributed by atoms with E-state index in [0.717, 1.165) is 52.9 Å². The van der Waals surface area contributed by atoms with E-state index in [-0.39, 0.29) is 18.2 Å².